The van der Waals surface area contributed by atoms with Crippen LogP contribution >= 0.6 is 11.6 Å². The van der Waals surface area contributed by atoms with Gasteiger partial charge in [-0.1, -0.05) is 11.6 Å². The molecule has 4 aromatic rings. The first-order chi connectivity index (χ1) is 16.7. The lowest BCUT2D eigenvalue weighted by atomic mass is 10.1. The smallest absolute Gasteiger partial charge is 0.344 e. The lowest BCUT2D eigenvalue weighted by Gasteiger charge is -2.14. The molecule has 0 spiro atoms. The Labute approximate surface area is 201 Å². The minimum Gasteiger partial charge on any atom is -0.344 e. The first kappa shape index (κ1) is 25.1. The molecule has 0 radical (unpaired) electrons. The maximum Gasteiger partial charge on any atom is 0.416 e. The number of aromatic nitrogens is 3. The number of aryl methyl sites for hydroxylation is 1. The third-order valence-electron chi connectivity index (χ3n) is 5.20. The van der Waals surface area contributed by atoms with Crippen LogP contribution in [0, 0.1) is 0 Å². The second-order valence-corrected chi connectivity index (χ2v) is 8.11. The van der Waals surface area contributed by atoms with Crippen molar-refractivity contribution in [1.82, 2.24) is 14.1 Å². The third kappa shape index (κ3) is 4.61. The number of anilines is 1. The summed E-state index contributed by atoms with van der Waals surface area (Å²) in [6, 6.07) is 6.32. The number of hydrogen-bond donors (Lipinski definition) is 2. The number of H-pyrrole nitrogens is 1. The molecule has 0 fully saturated rings. The zero-order chi connectivity index (χ0) is 26.6. The number of aromatic amines is 1. The molecule has 0 saturated heterocycles. The molecule has 0 atom stereocenters. The van der Waals surface area contributed by atoms with E-state index >= 15 is 0 Å². The molecule has 4 rings (SSSR count). The van der Waals surface area contributed by atoms with Gasteiger partial charge in [-0.05, 0) is 42.5 Å². The first-order valence-corrected chi connectivity index (χ1v) is 10.3. The van der Waals surface area contributed by atoms with Crippen molar-refractivity contribution in [2.24, 2.45) is 7.05 Å². The van der Waals surface area contributed by atoms with Crippen LogP contribution in [0.4, 0.5) is 32.0 Å². The van der Waals surface area contributed by atoms with Crippen LogP contribution in [0.1, 0.15) is 21.5 Å². The first-order valence-electron chi connectivity index (χ1n) is 9.88. The quantitative estimate of drug-likeness (QED) is 0.367. The van der Waals surface area contributed by atoms with Crippen LogP contribution in [-0.2, 0) is 19.4 Å². The molecule has 2 aromatic heterocycles. The van der Waals surface area contributed by atoms with Crippen molar-refractivity contribution in [3.8, 4) is 5.69 Å². The molecule has 188 valence electrons. The van der Waals surface area contributed by atoms with E-state index in [0.29, 0.717) is 17.2 Å². The summed E-state index contributed by atoms with van der Waals surface area (Å²) in [5.74, 6) is -1.15. The minimum atomic E-state index is -5.11. The second kappa shape index (κ2) is 8.59. The molecule has 14 heteroatoms. The van der Waals surface area contributed by atoms with Crippen LogP contribution in [0.5, 0.6) is 0 Å². The van der Waals surface area contributed by atoms with E-state index in [4.69, 9.17) is 11.6 Å². The maximum atomic E-state index is 13.1. The average Bonchev–Trinajstić information content (AvgIpc) is 3.10. The molecule has 0 aliphatic heterocycles. The van der Waals surface area contributed by atoms with Gasteiger partial charge >= 0.3 is 18.0 Å². The van der Waals surface area contributed by atoms with Gasteiger partial charge in [0.15, 0.2) is 0 Å². The number of carbonyl (C=O) groups is 1. The number of benzene rings is 2. The van der Waals surface area contributed by atoms with Gasteiger partial charge in [0.1, 0.15) is 5.52 Å². The molecule has 2 aromatic carbocycles. The number of nitrogens with zero attached hydrogens (tertiary/aromatic N) is 2. The van der Waals surface area contributed by atoms with Gasteiger partial charge in [-0.25, -0.2) is 9.36 Å². The van der Waals surface area contributed by atoms with Crippen molar-refractivity contribution in [3.63, 3.8) is 0 Å². The van der Waals surface area contributed by atoms with Gasteiger partial charge in [0.2, 0.25) is 0 Å². The van der Waals surface area contributed by atoms with Gasteiger partial charge in [-0.15, -0.1) is 0 Å². The lowest BCUT2D eigenvalue weighted by Crippen LogP contribution is -2.34. The van der Waals surface area contributed by atoms with E-state index in [-0.39, 0.29) is 28.4 Å². The third-order valence-corrected chi connectivity index (χ3v) is 5.45. The summed E-state index contributed by atoms with van der Waals surface area (Å²) >= 11 is 5.83. The summed E-state index contributed by atoms with van der Waals surface area (Å²) in [7, 11) is 1.37. The number of fused-ring (bicyclic) bond motifs is 1. The SMILES string of the molecule is Cn1cc(C(=O)Nc2cc(C(F)(F)F)cc(C(F)(F)F)c2)c2[nH]c(=O)n(-c3ccc(Cl)cc3)c(=O)c21. The summed E-state index contributed by atoms with van der Waals surface area (Å²) < 4.78 is 80.8. The monoisotopic (exact) mass is 530 g/mol. The van der Waals surface area contributed by atoms with E-state index in [1.54, 1.807) is 0 Å². The number of amides is 1. The van der Waals surface area contributed by atoms with Crippen molar-refractivity contribution in [3.05, 3.63) is 91.2 Å². The molecule has 0 saturated carbocycles. The van der Waals surface area contributed by atoms with Gasteiger partial charge in [0, 0.05) is 24.0 Å². The molecule has 7 nitrogen and oxygen atoms in total. The topological polar surface area (TPSA) is 88.9 Å². The predicted octanol–water partition coefficient (Wildman–Crippen LogP) is 4.96. The molecule has 0 unspecified atom stereocenters. The van der Waals surface area contributed by atoms with E-state index in [2.05, 4.69) is 4.98 Å². The lowest BCUT2D eigenvalue weighted by molar-refractivity contribution is -0.143. The minimum absolute atomic E-state index is 0.0791. The van der Waals surface area contributed by atoms with Crippen LogP contribution < -0.4 is 16.6 Å². The van der Waals surface area contributed by atoms with Gasteiger partial charge in [0.05, 0.1) is 27.9 Å². The molecule has 2 N–H and O–H groups in total. The Morgan fingerprint density at radius 1 is 0.944 bits per heavy atom. The highest BCUT2D eigenvalue weighted by molar-refractivity contribution is 6.30. The van der Waals surface area contributed by atoms with Crippen LogP contribution in [-0.4, -0.2) is 20.0 Å². The average molecular weight is 531 g/mol. The van der Waals surface area contributed by atoms with Crippen LogP contribution in [0.25, 0.3) is 16.7 Å². The normalized spacial score (nSPS) is 12.2. The Bertz CT molecular complexity index is 1580. The summed E-state index contributed by atoms with van der Waals surface area (Å²) in [6.45, 7) is 0. The van der Waals surface area contributed by atoms with E-state index in [1.165, 1.54) is 35.9 Å². The van der Waals surface area contributed by atoms with Crippen molar-refractivity contribution in [1.29, 1.82) is 0 Å². The highest BCUT2D eigenvalue weighted by atomic mass is 35.5. The molecular formula is C22H13ClF6N4O3. The largest absolute Gasteiger partial charge is 0.416 e. The Kier molecular flexibility index (Phi) is 5.99. The summed E-state index contributed by atoms with van der Waals surface area (Å²) in [5, 5.41) is 2.33. The fraction of sp³-hybridized carbons (Fsp3) is 0.136. The number of hydrogen-bond acceptors (Lipinski definition) is 3. The molecule has 0 aliphatic rings. The zero-order valence-electron chi connectivity index (χ0n) is 17.9. The maximum absolute atomic E-state index is 13.1. The second-order valence-electron chi connectivity index (χ2n) is 7.67. The molecule has 1 amide bonds. The Balaban J connectivity index is 1.81. The number of rotatable bonds is 3. The summed E-state index contributed by atoms with van der Waals surface area (Å²) in [4.78, 5) is 41.0. The highest BCUT2D eigenvalue weighted by Crippen LogP contribution is 2.37. The Morgan fingerprint density at radius 3 is 2.03 bits per heavy atom. The van der Waals surface area contributed by atoms with E-state index in [0.717, 1.165) is 10.8 Å². The Hall–Kier alpha value is -4.00. The van der Waals surface area contributed by atoms with Crippen LogP contribution in [0.2, 0.25) is 5.02 Å². The van der Waals surface area contributed by atoms with Gasteiger partial charge in [0.25, 0.3) is 11.5 Å². The molecule has 0 bridgehead atoms. The van der Waals surface area contributed by atoms with Gasteiger partial charge < -0.3 is 14.9 Å². The molecule has 2 heterocycles. The number of carbonyl (C=O) groups excluding carboxylic acids is 1. The molecule has 0 aliphatic carbocycles. The van der Waals surface area contributed by atoms with Crippen LogP contribution in [0.3, 0.4) is 0 Å². The number of alkyl halides is 6. The van der Waals surface area contributed by atoms with Gasteiger partial charge in [-0.2, -0.15) is 26.3 Å². The Morgan fingerprint density at radius 2 is 1.50 bits per heavy atom. The van der Waals surface area contributed by atoms with Crippen molar-refractivity contribution in [2.45, 2.75) is 12.4 Å². The standard InChI is InChI=1S/C22H13ClF6N4O3/c1-32-9-15(16-17(32)19(35)33(20(36)31-16)14-4-2-12(23)3-5-14)18(34)30-13-7-10(21(24,25)26)6-11(8-13)22(27,28)29/h2-9H,1H3,(H,30,34)(H,31,36). The van der Waals surface area contributed by atoms with Crippen molar-refractivity contribution >= 4 is 34.2 Å². The predicted molar refractivity (Wildman–Crippen MR) is 119 cm³/mol. The van der Waals surface area contributed by atoms with Crippen molar-refractivity contribution < 1.29 is 31.1 Å². The van der Waals surface area contributed by atoms with Crippen molar-refractivity contribution in [2.75, 3.05) is 5.32 Å². The molecular weight excluding hydrogens is 518 g/mol. The van der Waals surface area contributed by atoms with E-state index < -0.39 is 46.3 Å². The fourth-order valence-corrected chi connectivity index (χ4v) is 3.72. The fourth-order valence-electron chi connectivity index (χ4n) is 3.59. The van der Waals surface area contributed by atoms with Crippen LogP contribution in [0.15, 0.2) is 58.3 Å². The van der Waals surface area contributed by atoms with Gasteiger partial charge in [-0.3, -0.25) is 9.59 Å². The zero-order valence-corrected chi connectivity index (χ0v) is 18.6. The van der Waals surface area contributed by atoms with E-state index in [9.17, 15) is 40.7 Å². The molecule has 36 heavy (non-hydrogen) atoms. The summed E-state index contributed by atoms with van der Waals surface area (Å²) in [5.41, 5.74) is -6.36. The van der Waals surface area contributed by atoms with E-state index in [1.807, 2.05) is 5.32 Å². The summed E-state index contributed by atoms with van der Waals surface area (Å²) in [6.07, 6.45) is -9.11. The number of nitrogens with one attached hydrogen (secondary N) is 2. The highest BCUT2D eigenvalue weighted by Gasteiger charge is 2.37. The number of halogens is 7.